The van der Waals surface area contributed by atoms with Crippen LogP contribution in [0.4, 0.5) is 5.69 Å². The Morgan fingerprint density at radius 2 is 2.00 bits per heavy atom. The Morgan fingerprint density at radius 1 is 1.37 bits per heavy atom. The number of rotatable bonds is 6. The molecule has 1 atom stereocenters. The first-order valence-electron chi connectivity index (χ1n) is 6.69. The summed E-state index contributed by atoms with van der Waals surface area (Å²) >= 11 is 0. The van der Waals surface area contributed by atoms with Crippen LogP contribution in [0.15, 0.2) is 24.3 Å². The van der Waals surface area contributed by atoms with Crippen molar-refractivity contribution < 1.29 is 14.3 Å². The van der Waals surface area contributed by atoms with Gasteiger partial charge >= 0.3 is 0 Å². The Hall–Kier alpha value is -1.55. The van der Waals surface area contributed by atoms with Crippen molar-refractivity contribution in [3.63, 3.8) is 0 Å². The SMILES string of the molecule is CCO[C@](C)(C(=O)Nc1ccc(OC)cc1)C1CC1. The van der Waals surface area contributed by atoms with E-state index in [4.69, 9.17) is 9.47 Å². The molecule has 0 aromatic heterocycles. The van der Waals surface area contributed by atoms with Crippen molar-refractivity contribution in [1.29, 1.82) is 0 Å². The fourth-order valence-electron chi connectivity index (χ4n) is 2.23. The number of carbonyl (C=O) groups is 1. The second-order valence-electron chi connectivity index (χ2n) is 5.00. The van der Waals surface area contributed by atoms with E-state index in [1.165, 1.54) is 0 Å². The van der Waals surface area contributed by atoms with E-state index >= 15 is 0 Å². The molecule has 4 nitrogen and oxygen atoms in total. The largest absolute Gasteiger partial charge is 0.497 e. The van der Waals surface area contributed by atoms with Crippen LogP contribution in [0.25, 0.3) is 0 Å². The van der Waals surface area contributed by atoms with Crippen LogP contribution in [-0.4, -0.2) is 25.2 Å². The van der Waals surface area contributed by atoms with Crippen molar-refractivity contribution in [1.82, 2.24) is 0 Å². The summed E-state index contributed by atoms with van der Waals surface area (Å²) in [6, 6.07) is 7.31. The molecule has 0 heterocycles. The lowest BCUT2D eigenvalue weighted by atomic mass is 9.99. The quantitative estimate of drug-likeness (QED) is 0.858. The number of amides is 1. The number of benzene rings is 1. The Bertz CT molecular complexity index is 439. The number of ether oxygens (including phenoxy) is 2. The molecule has 1 amide bonds. The molecule has 0 radical (unpaired) electrons. The molecular weight excluding hydrogens is 242 g/mol. The van der Waals surface area contributed by atoms with Gasteiger partial charge in [0.05, 0.1) is 7.11 Å². The number of hydrogen-bond acceptors (Lipinski definition) is 3. The lowest BCUT2D eigenvalue weighted by molar-refractivity contribution is -0.141. The lowest BCUT2D eigenvalue weighted by Crippen LogP contribution is -2.44. The molecule has 104 valence electrons. The molecule has 4 heteroatoms. The molecule has 0 saturated heterocycles. The highest BCUT2D eigenvalue weighted by Gasteiger charge is 2.48. The zero-order valence-corrected chi connectivity index (χ0v) is 11.7. The van der Waals surface area contributed by atoms with Gasteiger partial charge in [-0.25, -0.2) is 0 Å². The van der Waals surface area contributed by atoms with Crippen LogP contribution in [0, 0.1) is 5.92 Å². The van der Waals surface area contributed by atoms with Gasteiger partial charge in [0.2, 0.25) is 0 Å². The molecule has 0 unspecified atom stereocenters. The number of nitrogens with one attached hydrogen (secondary N) is 1. The normalized spacial score (nSPS) is 17.6. The fourth-order valence-corrected chi connectivity index (χ4v) is 2.23. The Morgan fingerprint density at radius 3 is 2.47 bits per heavy atom. The summed E-state index contributed by atoms with van der Waals surface area (Å²) in [4.78, 5) is 12.4. The van der Waals surface area contributed by atoms with Gasteiger partial charge in [0.25, 0.3) is 5.91 Å². The average molecular weight is 263 g/mol. The van der Waals surface area contributed by atoms with Crippen LogP contribution in [0.5, 0.6) is 5.75 Å². The van der Waals surface area contributed by atoms with Gasteiger partial charge in [-0.05, 0) is 56.9 Å². The predicted molar refractivity (Wildman–Crippen MR) is 74.4 cm³/mol. The number of carbonyl (C=O) groups excluding carboxylic acids is 1. The maximum atomic E-state index is 12.4. The maximum absolute atomic E-state index is 12.4. The summed E-state index contributed by atoms with van der Waals surface area (Å²) in [6.45, 7) is 4.34. The molecular formula is C15H21NO3. The molecule has 2 rings (SSSR count). The standard InChI is InChI=1S/C15H21NO3/c1-4-19-15(2,11-5-6-11)14(17)16-12-7-9-13(18-3)10-8-12/h7-11H,4-6H2,1-3H3,(H,16,17)/t15-/m0/s1. The van der Waals surface area contributed by atoms with Crippen LogP contribution < -0.4 is 10.1 Å². The molecule has 1 aliphatic carbocycles. The monoisotopic (exact) mass is 263 g/mol. The van der Waals surface area contributed by atoms with Gasteiger partial charge in [0.1, 0.15) is 11.4 Å². The lowest BCUT2D eigenvalue weighted by Gasteiger charge is -2.28. The second-order valence-corrected chi connectivity index (χ2v) is 5.00. The summed E-state index contributed by atoms with van der Waals surface area (Å²) in [6.07, 6.45) is 2.12. The predicted octanol–water partition coefficient (Wildman–Crippen LogP) is 2.84. The average Bonchev–Trinajstić information content (AvgIpc) is 3.24. The summed E-state index contributed by atoms with van der Waals surface area (Å²) in [5, 5.41) is 2.92. The minimum atomic E-state index is -0.714. The molecule has 1 aliphatic rings. The van der Waals surface area contributed by atoms with Gasteiger partial charge in [0, 0.05) is 12.3 Å². The minimum absolute atomic E-state index is 0.0676. The molecule has 1 aromatic carbocycles. The molecule has 0 aliphatic heterocycles. The molecule has 19 heavy (non-hydrogen) atoms. The molecule has 1 aromatic rings. The first-order valence-corrected chi connectivity index (χ1v) is 6.69. The topological polar surface area (TPSA) is 47.6 Å². The van der Waals surface area contributed by atoms with Crippen molar-refractivity contribution in [3.8, 4) is 5.75 Å². The van der Waals surface area contributed by atoms with Gasteiger partial charge in [0.15, 0.2) is 0 Å². The van der Waals surface area contributed by atoms with Gasteiger partial charge in [-0.15, -0.1) is 0 Å². The van der Waals surface area contributed by atoms with Crippen LogP contribution in [0.1, 0.15) is 26.7 Å². The third-order valence-electron chi connectivity index (χ3n) is 3.60. The zero-order valence-electron chi connectivity index (χ0n) is 11.7. The van der Waals surface area contributed by atoms with E-state index in [-0.39, 0.29) is 5.91 Å². The van der Waals surface area contributed by atoms with Crippen LogP contribution >= 0.6 is 0 Å². The molecule has 0 spiro atoms. The third kappa shape index (κ3) is 3.07. The molecule has 1 fully saturated rings. The fraction of sp³-hybridized carbons (Fsp3) is 0.533. The van der Waals surface area contributed by atoms with Crippen molar-refractivity contribution in [3.05, 3.63) is 24.3 Å². The first-order chi connectivity index (χ1) is 9.10. The van der Waals surface area contributed by atoms with E-state index in [0.717, 1.165) is 24.3 Å². The van der Waals surface area contributed by atoms with Crippen LogP contribution in [-0.2, 0) is 9.53 Å². The highest BCUT2D eigenvalue weighted by molar-refractivity contribution is 5.97. The van der Waals surface area contributed by atoms with Crippen molar-refractivity contribution in [2.45, 2.75) is 32.3 Å². The van der Waals surface area contributed by atoms with Gasteiger partial charge in [-0.1, -0.05) is 0 Å². The third-order valence-corrected chi connectivity index (χ3v) is 3.60. The maximum Gasteiger partial charge on any atom is 0.256 e. The Labute approximate surface area is 114 Å². The van der Waals surface area contributed by atoms with Crippen LogP contribution in [0.2, 0.25) is 0 Å². The highest BCUT2D eigenvalue weighted by Crippen LogP contribution is 2.42. The number of hydrogen-bond donors (Lipinski definition) is 1. The molecule has 1 saturated carbocycles. The van der Waals surface area contributed by atoms with E-state index in [2.05, 4.69) is 5.32 Å². The van der Waals surface area contributed by atoms with Gasteiger partial charge < -0.3 is 14.8 Å². The zero-order chi connectivity index (χ0) is 13.9. The number of methoxy groups -OCH3 is 1. The van der Waals surface area contributed by atoms with Gasteiger partial charge in [-0.3, -0.25) is 4.79 Å². The number of anilines is 1. The van der Waals surface area contributed by atoms with E-state index in [0.29, 0.717) is 12.5 Å². The highest BCUT2D eigenvalue weighted by atomic mass is 16.5. The van der Waals surface area contributed by atoms with Gasteiger partial charge in [-0.2, -0.15) is 0 Å². The molecule has 0 bridgehead atoms. The van der Waals surface area contributed by atoms with Crippen LogP contribution in [0.3, 0.4) is 0 Å². The van der Waals surface area contributed by atoms with Crippen molar-refractivity contribution in [2.75, 3.05) is 19.0 Å². The summed E-state index contributed by atoms with van der Waals surface area (Å²) < 4.78 is 10.8. The Kier molecular flexibility index (Phi) is 4.10. The van der Waals surface area contributed by atoms with E-state index < -0.39 is 5.60 Å². The van der Waals surface area contributed by atoms with Crippen molar-refractivity contribution in [2.24, 2.45) is 5.92 Å². The van der Waals surface area contributed by atoms with E-state index in [1.807, 2.05) is 38.1 Å². The summed E-state index contributed by atoms with van der Waals surface area (Å²) in [7, 11) is 1.62. The first kappa shape index (κ1) is 13.9. The Balaban J connectivity index is 2.05. The second kappa shape index (κ2) is 5.61. The molecule has 1 N–H and O–H groups in total. The van der Waals surface area contributed by atoms with E-state index in [9.17, 15) is 4.79 Å². The van der Waals surface area contributed by atoms with E-state index in [1.54, 1.807) is 7.11 Å². The minimum Gasteiger partial charge on any atom is -0.497 e. The van der Waals surface area contributed by atoms with Crippen molar-refractivity contribution >= 4 is 11.6 Å². The summed E-state index contributed by atoms with van der Waals surface area (Å²) in [5.74, 6) is 1.04. The summed E-state index contributed by atoms with van der Waals surface area (Å²) in [5.41, 5.74) is 0.0478. The smallest absolute Gasteiger partial charge is 0.256 e.